The van der Waals surface area contributed by atoms with Crippen LogP contribution in [0.5, 0.6) is 0 Å². The van der Waals surface area contributed by atoms with Crippen LogP contribution in [-0.2, 0) is 4.84 Å². The molecule has 0 aromatic carbocycles. The van der Waals surface area contributed by atoms with Gasteiger partial charge in [0.1, 0.15) is 0 Å². The number of nitrogens with zero attached hydrogens (tertiary/aromatic N) is 1. The zero-order valence-corrected chi connectivity index (χ0v) is 5.48. The molecule has 1 fully saturated rings. The summed E-state index contributed by atoms with van der Waals surface area (Å²) in [6, 6.07) is 2.24. The molecule has 0 atom stereocenters. The third kappa shape index (κ3) is 1.41. The van der Waals surface area contributed by atoms with Gasteiger partial charge in [0.25, 0.3) is 0 Å². The Kier molecular flexibility index (Phi) is 1.70. The van der Waals surface area contributed by atoms with Crippen LogP contribution in [0.4, 0.5) is 0 Å². The van der Waals surface area contributed by atoms with Crippen molar-refractivity contribution in [1.29, 1.82) is 5.26 Å². The number of nitriles is 1. The predicted octanol–water partition coefficient (Wildman–Crippen LogP) is 0.441. The Morgan fingerprint density at radius 1 is 1.78 bits per heavy atom. The minimum atomic E-state index is -0.0873. The summed E-state index contributed by atoms with van der Waals surface area (Å²) in [4.78, 5) is 4.62. The Labute approximate surface area is 54.6 Å². The molecule has 50 valence electrons. The van der Waals surface area contributed by atoms with Gasteiger partial charge in [-0.25, -0.2) is 5.48 Å². The van der Waals surface area contributed by atoms with Crippen molar-refractivity contribution in [3.63, 3.8) is 0 Å². The van der Waals surface area contributed by atoms with E-state index in [-0.39, 0.29) is 5.41 Å². The average molecular weight is 126 g/mol. The highest BCUT2D eigenvalue weighted by Crippen LogP contribution is 2.43. The first-order valence-electron chi connectivity index (χ1n) is 3.00. The van der Waals surface area contributed by atoms with Crippen LogP contribution in [-0.4, -0.2) is 13.7 Å². The van der Waals surface area contributed by atoms with Crippen molar-refractivity contribution in [2.45, 2.75) is 12.8 Å². The number of nitrogens with one attached hydrogen (secondary N) is 1. The summed E-state index contributed by atoms with van der Waals surface area (Å²) in [6.45, 7) is 0.667. The lowest BCUT2D eigenvalue weighted by Crippen LogP contribution is -2.21. The molecule has 0 amide bonds. The molecule has 1 aliphatic carbocycles. The molecule has 0 aromatic rings. The zero-order valence-electron chi connectivity index (χ0n) is 5.48. The normalized spacial score (nSPS) is 20.9. The second kappa shape index (κ2) is 2.34. The molecule has 1 rings (SSSR count). The highest BCUT2D eigenvalue weighted by Gasteiger charge is 2.42. The number of hydrogen-bond donors (Lipinski definition) is 1. The molecule has 3 nitrogen and oxygen atoms in total. The number of rotatable bonds is 3. The Hall–Kier alpha value is -0.590. The minimum absolute atomic E-state index is 0.0873. The smallest absolute Gasteiger partial charge is 0.0722 e. The molecular formula is C6H10N2O. The van der Waals surface area contributed by atoms with Crippen LogP contribution in [0, 0.1) is 16.7 Å². The van der Waals surface area contributed by atoms with E-state index >= 15 is 0 Å². The topological polar surface area (TPSA) is 45.0 Å². The van der Waals surface area contributed by atoms with Crippen LogP contribution in [0.1, 0.15) is 12.8 Å². The van der Waals surface area contributed by atoms with E-state index in [9.17, 15) is 0 Å². The van der Waals surface area contributed by atoms with Crippen LogP contribution in [0.15, 0.2) is 0 Å². The minimum Gasteiger partial charge on any atom is -0.305 e. The van der Waals surface area contributed by atoms with Gasteiger partial charge in [-0.2, -0.15) is 5.26 Å². The van der Waals surface area contributed by atoms with E-state index in [1.807, 2.05) is 0 Å². The molecule has 0 spiro atoms. The van der Waals surface area contributed by atoms with Crippen molar-refractivity contribution in [2.75, 3.05) is 13.7 Å². The van der Waals surface area contributed by atoms with E-state index in [0.29, 0.717) is 6.54 Å². The molecule has 0 saturated heterocycles. The van der Waals surface area contributed by atoms with Gasteiger partial charge in [-0.3, -0.25) is 0 Å². The molecule has 9 heavy (non-hydrogen) atoms. The summed E-state index contributed by atoms with van der Waals surface area (Å²) in [5, 5.41) is 8.54. The molecule has 1 saturated carbocycles. The maximum absolute atomic E-state index is 8.54. The molecule has 1 N–H and O–H groups in total. The first kappa shape index (κ1) is 6.53. The lowest BCUT2D eigenvalue weighted by atomic mass is 10.1. The van der Waals surface area contributed by atoms with Crippen LogP contribution in [0.25, 0.3) is 0 Å². The molecule has 0 bridgehead atoms. The van der Waals surface area contributed by atoms with E-state index in [4.69, 9.17) is 5.26 Å². The van der Waals surface area contributed by atoms with Crippen molar-refractivity contribution in [3.8, 4) is 6.07 Å². The van der Waals surface area contributed by atoms with Crippen molar-refractivity contribution in [3.05, 3.63) is 0 Å². The maximum Gasteiger partial charge on any atom is 0.0722 e. The van der Waals surface area contributed by atoms with Crippen molar-refractivity contribution in [2.24, 2.45) is 5.41 Å². The summed E-state index contributed by atoms with van der Waals surface area (Å²) in [5.41, 5.74) is 2.59. The van der Waals surface area contributed by atoms with Gasteiger partial charge in [0, 0.05) is 6.54 Å². The number of hydroxylamine groups is 1. The van der Waals surface area contributed by atoms with E-state index in [0.717, 1.165) is 12.8 Å². The number of hydrogen-bond acceptors (Lipinski definition) is 3. The van der Waals surface area contributed by atoms with Crippen LogP contribution in [0.2, 0.25) is 0 Å². The maximum atomic E-state index is 8.54. The monoisotopic (exact) mass is 126 g/mol. The molecule has 0 aromatic heterocycles. The fourth-order valence-corrected chi connectivity index (χ4v) is 0.689. The van der Waals surface area contributed by atoms with Gasteiger partial charge in [0.15, 0.2) is 0 Å². The molecule has 3 heteroatoms. The average Bonchev–Trinajstić information content (AvgIpc) is 2.65. The first-order valence-corrected chi connectivity index (χ1v) is 3.00. The molecular weight excluding hydrogens is 116 g/mol. The lowest BCUT2D eigenvalue weighted by molar-refractivity contribution is 0.0826. The van der Waals surface area contributed by atoms with Crippen molar-refractivity contribution >= 4 is 0 Å². The standard InChI is InChI=1S/C6H10N2O/c1-9-8-5-6(4-7)2-3-6/h8H,2-3,5H2,1H3. The third-order valence-electron chi connectivity index (χ3n) is 1.65. The SMILES string of the molecule is CONCC1(C#N)CC1. The fraction of sp³-hybridized carbons (Fsp3) is 0.833. The van der Waals surface area contributed by atoms with Gasteiger partial charge in [-0.1, -0.05) is 0 Å². The molecule has 0 aliphatic heterocycles. The summed E-state index contributed by atoms with van der Waals surface area (Å²) >= 11 is 0. The quantitative estimate of drug-likeness (QED) is 0.558. The fourth-order valence-electron chi connectivity index (χ4n) is 0.689. The van der Waals surface area contributed by atoms with Gasteiger partial charge in [-0.05, 0) is 12.8 Å². The summed E-state index contributed by atoms with van der Waals surface area (Å²) < 4.78 is 0. The van der Waals surface area contributed by atoms with E-state index < -0.39 is 0 Å². The van der Waals surface area contributed by atoms with Crippen molar-refractivity contribution < 1.29 is 4.84 Å². The second-order valence-electron chi connectivity index (χ2n) is 2.42. The predicted molar refractivity (Wildman–Crippen MR) is 32.3 cm³/mol. The lowest BCUT2D eigenvalue weighted by Gasteiger charge is -2.03. The van der Waals surface area contributed by atoms with Crippen LogP contribution in [0.3, 0.4) is 0 Å². The Balaban J connectivity index is 2.20. The highest BCUT2D eigenvalue weighted by atomic mass is 16.6. The van der Waals surface area contributed by atoms with E-state index in [1.54, 1.807) is 7.11 Å². The van der Waals surface area contributed by atoms with Gasteiger partial charge >= 0.3 is 0 Å². The second-order valence-corrected chi connectivity index (χ2v) is 2.42. The van der Waals surface area contributed by atoms with Gasteiger partial charge in [0.05, 0.1) is 18.6 Å². The molecule has 0 heterocycles. The third-order valence-corrected chi connectivity index (χ3v) is 1.65. The van der Waals surface area contributed by atoms with E-state index in [2.05, 4.69) is 16.4 Å². The van der Waals surface area contributed by atoms with Gasteiger partial charge in [0.2, 0.25) is 0 Å². The van der Waals surface area contributed by atoms with E-state index in [1.165, 1.54) is 0 Å². The Bertz CT molecular complexity index is 134. The zero-order chi connectivity index (χ0) is 6.74. The van der Waals surface area contributed by atoms with Crippen LogP contribution >= 0.6 is 0 Å². The van der Waals surface area contributed by atoms with Gasteiger partial charge < -0.3 is 4.84 Å². The summed E-state index contributed by atoms with van der Waals surface area (Å²) in [6.07, 6.45) is 2.03. The molecule has 0 unspecified atom stereocenters. The Morgan fingerprint density at radius 2 is 2.44 bits per heavy atom. The van der Waals surface area contributed by atoms with Gasteiger partial charge in [-0.15, -0.1) is 0 Å². The van der Waals surface area contributed by atoms with Crippen molar-refractivity contribution in [1.82, 2.24) is 5.48 Å². The van der Waals surface area contributed by atoms with Crippen LogP contribution < -0.4 is 5.48 Å². The summed E-state index contributed by atoms with van der Waals surface area (Å²) in [7, 11) is 1.56. The largest absolute Gasteiger partial charge is 0.305 e. The molecule has 1 aliphatic rings. The highest BCUT2D eigenvalue weighted by molar-refractivity contribution is 5.10. The molecule has 0 radical (unpaired) electrons. The Morgan fingerprint density at radius 3 is 2.78 bits per heavy atom. The first-order chi connectivity index (χ1) is 4.33. The summed E-state index contributed by atoms with van der Waals surface area (Å²) in [5.74, 6) is 0.